The Bertz CT molecular complexity index is 928. The lowest BCUT2D eigenvalue weighted by atomic mass is 10.1. The standard InChI is InChI=1S/C13H11FN6O2/c1-7-16-17-13-19(15)12(22)10(18-20(7)13)6-11(21)8-2-4-9(14)5-3-8/h2-5H,6,15H2,1H3. The molecule has 0 amide bonds. The number of carbonyl (C=O) groups is 1. The number of hydrogen-bond donors (Lipinski definition) is 1. The fraction of sp³-hybridized carbons (Fsp3) is 0.154. The van der Waals surface area contributed by atoms with Crippen molar-refractivity contribution in [3.63, 3.8) is 0 Å². The van der Waals surface area contributed by atoms with Crippen molar-refractivity contribution in [2.24, 2.45) is 0 Å². The van der Waals surface area contributed by atoms with Gasteiger partial charge in [-0.05, 0) is 31.2 Å². The average Bonchev–Trinajstić information content (AvgIpc) is 2.86. The van der Waals surface area contributed by atoms with E-state index in [1.165, 1.54) is 28.8 Å². The van der Waals surface area contributed by atoms with Crippen LogP contribution in [0.25, 0.3) is 5.78 Å². The molecule has 1 aromatic carbocycles. The van der Waals surface area contributed by atoms with Crippen molar-refractivity contribution in [3.05, 3.63) is 57.5 Å². The number of ketones is 1. The number of rotatable bonds is 3. The zero-order valence-corrected chi connectivity index (χ0v) is 11.5. The Labute approximate surface area is 123 Å². The molecule has 22 heavy (non-hydrogen) atoms. The summed E-state index contributed by atoms with van der Waals surface area (Å²) in [5, 5.41) is 11.6. The highest BCUT2D eigenvalue weighted by atomic mass is 19.1. The van der Waals surface area contributed by atoms with Crippen LogP contribution in [0.15, 0.2) is 29.1 Å². The van der Waals surface area contributed by atoms with E-state index in [2.05, 4.69) is 15.3 Å². The van der Waals surface area contributed by atoms with Crippen LogP contribution in [0.4, 0.5) is 4.39 Å². The van der Waals surface area contributed by atoms with Gasteiger partial charge in [0, 0.05) is 5.56 Å². The fourth-order valence-electron chi connectivity index (χ4n) is 2.01. The van der Waals surface area contributed by atoms with E-state index in [9.17, 15) is 14.0 Å². The summed E-state index contributed by atoms with van der Waals surface area (Å²) in [5.41, 5.74) is -0.380. The highest BCUT2D eigenvalue weighted by Gasteiger charge is 2.17. The third kappa shape index (κ3) is 2.22. The summed E-state index contributed by atoms with van der Waals surface area (Å²) in [6.07, 6.45) is -0.255. The van der Waals surface area contributed by atoms with Gasteiger partial charge in [0.2, 0.25) is 0 Å². The summed E-state index contributed by atoms with van der Waals surface area (Å²) in [6, 6.07) is 5.05. The summed E-state index contributed by atoms with van der Waals surface area (Å²) < 4.78 is 14.9. The van der Waals surface area contributed by atoms with Gasteiger partial charge < -0.3 is 5.84 Å². The predicted octanol–water partition coefficient (Wildman–Crippen LogP) is -0.127. The van der Waals surface area contributed by atoms with E-state index in [0.29, 0.717) is 5.82 Å². The molecule has 0 radical (unpaired) electrons. The molecule has 0 aliphatic carbocycles. The van der Waals surface area contributed by atoms with Crippen LogP contribution in [-0.2, 0) is 6.42 Å². The van der Waals surface area contributed by atoms with Gasteiger partial charge in [-0.1, -0.05) is 0 Å². The Morgan fingerprint density at radius 3 is 2.64 bits per heavy atom. The third-order valence-electron chi connectivity index (χ3n) is 3.18. The smallest absolute Gasteiger partial charge is 0.295 e. The van der Waals surface area contributed by atoms with Gasteiger partial charge in [-0.2, -0.15) is 14.3 Å². The molecule has 9 heteroatoms. The molecule has 3 rings (SSSR count). The molecule has 0 aliphatic rings. The Kier molecular flexibility index (Phi) is 3.17. The van der Waals surface area contributed by atoms with E-state index in [1.807, 2.05) is 0 Å². The monoisotopic (exact) mass is 302 g/mol. The number of aromatic nitrogens is 5. The van der Waals surface area contributed by atoms with Crippen LogP contribution in [0.1, 0.15) is 21.9 Å². The zero-order valence-electron chi connectivity index (χ0n) is 11.5. The highest BCUT2D eigenvalue weighted by molar-refractivity contribution is 5.97. The summed E-state index contributed by atoms with van der Waals surface area (Å²) in [6.45, 7) is 1.64. The van der Waals surface area contributed by atoms with Crippen molar-refractivity contribution in [3.8, 4) is 0 Å². The number of hydrogen-bond acceptors (Lipinski definition) is 6. The second-order valence-electron chi connectivity index (χ2n) is 4.69. The lowest BCUT2D eigenvalue weighted by Crippen LogP contribution is -2.34. The molecule has 0 saturated carbocycles. The molecule has 0 spiro atoms. The number of nitrogens with zero attached hydrogens (tertiary/aromatic N) is 5. The minimum atomic E-state index is -0.629. The van der Waals surface area contributed by atoms with E-state index in [4.69, 9.17) is 5.84 Å². The normalized spacial score (nSPS) is 11.0. The molecule has 0 fully saturated rings. The molecule has 2 N–H and O–H groups in total. The molecule has 112 valence electrons. The topological polar surface area (TPSA) is 108 Å². The van der Waals surface area contributed by atoms with Crippen LogP contribution >= 0.6 is 0 Å². The van der Waals surface area contributed by atoms with Gasteiger partial charge in [-0.3, -0.25) is 9.59 Å². The quantitative estimate of drug-likeness (QED) is 0.533. The molecule has 0 saturated heterocycles. The first-order valence-corrected chi connectivity index (χ1v) is 6.35. The number of fused-ring (bicyclic) bond motifs is 1. The van der Waals surface area contributed by atoms with E-state index in [0.717, 1.165) is 4.68 Å². The Hall–Kier alpha value is -3.10. The van der Waals surface area contributed by atoms with Gasteiger partial charge in [-0.15, -0.1) is 10.2 Å². The maximum absolute atomic E-state index is 12.9. The minimum absolute atomic E-state index is 0.0350. The van der Waals surface area contributed by atoms with Crippen molar-refractivity contribution in [1.82, 2.24) is 24.5 Å². The molecular formula is C13H11FN6O2. The number of benzene rings is 1. The van der Waals surface area contributed by atoms with E-state index < -0.39 is 11.4 Å². The zero-order chi connectivity index (χ0) is 15.9. The van der Waals surface area contributed by atoms with Crippen LogP contribution in [0, 0.1) is 12.7 Å². The Morgan fingerprint density at radius 1 is 1.27 bits per heavy atom. The first-order valence-electron chi connectivity index (χ1n) is 6.35. The molecule has 3 aromatic rings. The van der Waals surface area contributed by atoms with Crippen molar-refractivity contribution >= 4 is 11.6 Å². The van der Waals surface area contributed by atoms with Crippen molar-refractivity contribution < 1.29 is 9.18 Å². The van der Waals surface area contributed by atoms with Crippen molar-refractivity contribution in [2.45, 2.75) is 13.3 Å². The van der Waals surface area contributed by atoms with Crippen LogP contribution in [0.5, 0.6) is 0 Å². The number of aryl methyl sites for hydroxylation is 1. The van der Waals surface area contributed by atoms with Crippen LogP contribution in [0.3, 0.4) is 0 Å². The number of nitrogens with two attached hydrogens (primary N) is 1. The largest absolute Gasteiger partial charge is 0.333 e. The third-order valence-corrected chi connectivity index (χ3v) is 3.18. The number of nitrogen functional groups attached to an aromatic ring is 1. The molecular weight excluding hydrogens is 291 g/mol. The molecule has 8 nitrogen and oxygen atoms in total. The molecule has 0 atom stereocenters. The predicted molar refractivity (Wildman–Crippen MR) is 74.4 cm³/mol. The van der Waals surface area contributed by atoms with Crippen molar-refractivity contribution in [2.75, 3.05) is 5.84 Å². The van der Waals surface area contributed by atoms with Gasteiger partial charge in [0.05, 0.1) is 6.42 Å². The molecule has 2 aromatic heterocycles. The summed E-state index contributed by atoms with van der Waals surface area (Å²) in [7, 11) is 0. The molecule has 2 heterocycles. The highest BCUT2D eigenvalue weighted by Crippen LogP contribution is 2.06. The molecule has 0 aliphatic heterocycles. The SMILES string of the molecule is Cc1nnc2n(N)c(=O)c(CC(=O)c3ccc(F)cc3)nn12. The van der Waals surface area contributed by atoms with Gasteiger partial charge in [-0.25, -0.2) is 4.39 Å². The summed E-state index contributed by atoms with van der Waals surface area (Å²) in [5.74, 6) is 5.36. The maximum atomic E-state index is 12.9. The Balaban J connectivity index is 2.01. The van der Waals surface area contributed by atoms with E-state index in [1.54, 1.807) is 6.92 Å². The summed E-state index contributed by atoms with van der Waals surface area (Å²) in [4.78, 5) is 24.3. The first kappa shape index (κ1) is 13.9. The van der Waals surface area contributed by atoms with Crippen LogP contribution in [-0.4, -0.2) is 30.3 Å². The van der Waals surface area contributed by atoms with Gasteiger partial charge >= 0.3 is 0 Å². The number of carbonyl (C=O) groups excluding carboxylic acids is 1. The Morgan fingerprint density at radius 2 is 1.95 bits per heavy atom. The lowest BCUT2D eigenvalue weighted by molar-refractivity contribution is 0.0991. The minimum Gasteiger partial charge on any atom is -0.333 e. The molecule has 0 bridgehead atoms. The summed E-state index contributed by atoms with van der Waals surface area (Å²) >= 11 is 0. The first-order chi connectivity index (χ1) is 10.5. The van der Waals surface area contributed by atoms with Gasteiger partial charge in [0.15, 0.2) is 11.6 Å². The van der Waals surface area contributed by atoms with Gasteiger partial charge in [0.1, 0.15) is 11.5 Å². The van der Waals surface area contributed by atoms with Crippen LogP contribution < -0.4 is 11.4 Å². The lowest BCUT2D eigenvalue weighted by Gasteiger charge is -2.05. The maximum Gasteiger partial charge on any atom is 0.295 e. The number of halogens is 1. The second-order valence-corrected chi connectivity index (χ2v) is 4.69. The second kappa shape index (κ2) is 5.02. The van der Waals surface area contributed by atoms with E-state index in [-0.39, 0.29) is 29.2 Å². The molecule has 0 unspecified atom stereocenters. The average molecular weight is 302 g/mol. The number of Topliss-reactive ketones (excluding diaryl/α,β-unsaturated/α-hetero) is 1. The fourth-order valence-corrected chi connectivity index (χ4v) is 2.01. The van der Waals surface area contributed by atoms with Crippen molar-refractivity contribution in [1.29, 1.82) is 0 Å². The van der Waals surface area contributed by atoms with Gasteiger partial charge in [0.25, 0.3) is 11.3 Å². The van der Waals surface area contributed by atoms with E-state index >= 15 is 0 Å². The van der Waals surface area contributed by atoms with Crippen LogP contribution in [0.2, 0.25) is 0 Å².